The molecule has 0 unspecified atom stereocenters. The molecule has 20 nitrogen and oxygen atoms in total. The molecule has 0 aliphatic heterocycles. The molecule has 0 bridgehead atoms. The summed E-state index contributed by atoms with van der Waals surface area (Å²) in [6.07, 6.45) is 0. The van der Waals surface area contributed by atoms with Crippen molar-refractivity contribution in [2.75, 3.05) is 0 Å². The third kappa shape index (κ3) is 8.12. The van der Waals surface area contributed by atoms with Gasteiger partial charge in [-0.3, -0.25) is 19.2 Å². The topological polar surface area (TPSA) is 349 Å². The Kier molecular flexibility index (Phi) is 15.6. The van der Waals surface area contributed by atoms with Crippen LogP contribution in [0, 0.1) is 0 Å². The van der Waals surface area contributed by atoms with E-state index in [4.69, 9.17) is 20.4 Å². The van der Waals surface area contributed by atoms with Crippen LogP contribution >= 0.6 is 0 Å². The molecule has 0 spiro atoms. The first-order valence-electron chi connectivity index (χ1n) is 12.6. The van der Waals surface area contributed by atoms with Gasteiger partial charge in [0, 0.05) is 129 Å². The van der Waals surface area contributed by atoms with Crippen molar-refractivity contribution in [1.82, 2.24) is 19.9 Å². The maximum Gasteiger partial charge on any atom is 0.354 e. The number of carbonyl (C=O) groups is 10. The number of aromatic amines is 2. The van der Waals surface area contributed by atoms with E-state index >= 15 is 0 Å². The monoisotopic (exact) mass is 752 g/mol. The summed E-state index contributed by atoms with van der Waals surface area (Å²) in [6, 6.07) is 3.30. The normalized spacial score (nSPS) is 11.5. The van der Waals surface area contributed by atoms with Gasteiger partial charge >= 0.3 is 35.8 Å². The minimum atomic E-state index is -1.58. The molecular formula is C28H12N4Na4O16. The van der Waals surface area contributed by atoms with E-state index in [2.05, 4.69) is 19.9 Å². The zero-order valence-corrected chi connectivity index (χ0v) is 35.0. The molecule has 4 aromatic heterocycles. The predicted octanol–water partition coefficient (Wildman–Crippen LogP) is -0.423. The summed E-state index contributed by atoms with van der Waals surface area (Å²) in [5.41, 5.74) is -6.41. The average Bonchev–Trinajstić information content (AvgIpc) is 3.68. The first-order valence-corrected chi connectivity index (χ1v) is 12.6. The molecule has 4 aromatic rings. The number of H-pyrrole nitrogens is 2. The van der Waals surface area contributed by atoms with E-state index in [1.165, 1.54) is 0 Å². The van der Waals surface area contributed by atoms with Crippen molar-refractivity contribution < 1.29 is 78.6 Å². The Bertz CT molecular complexity index is 2150. The number of ketones is 4. The van der Waals surface area contributed by atoms with Gasteiger partial charge in [-0.25, -0.2) is 38.7 Å². The molecule has 0 saturated heterocycles. The summed E-state index contributed by atoms with van der Waals surface area (Å²) in [5.74, 6) is -13.7. The second kappa shape index (κ2) is 17.5. The van der Waals surface area contributed by atoms with Gasteiger partial charge in [0.1, 0.15) is 34.2 Å². The molecule has 4 radical (unpaired) electrons. The summed E-state index contributed by atoms with van der Waals surface area (Å²) < 4.78 is 0. The number of nitrogens with zero attached hydrogens (tertiary/aromatic N) is 2. The number of Topliss-reactive ketones (excluding diaryl/α,β-unsaturated/α-hetero) is 4. The number of carbonyl (C=O) groups excluding carboxylic acids is 4. The van der Waals surface area contributed by atoms with Crippen LogP contribution in [0.2, 0.25) is 0 Å². The van der Waals surface area contributed by atoms with Crippen LogP contribution in [-0.2, 0) is 0 Å². The van der Waals surface area contributed by atoms with E-state index < -0.39 is 104 Å². The van der Waals surface area contributed by atoms with E-state index in [0.29, 0.717) is 0 Å². The van der Waals surface area contributed by atoms with Gasteiger partial charge in [-0.05, 0) is 24.3 Å². The zero-order valence-electron chi connectivity index (χ0n) is 27.0. The van der Waals surface area contributed by atoms with Gasteiger partial charge in [-0.1, -0.05) is 0 Å². The van der Waals surface area contributed by atoms with Gasteiger partial charge in [0.25, 0.3) is 11.6 Å². The summed E-state index contributed by atoms with van der Waals surface area (Å²) in [6.45, 7) is 0. The Morgan fingerprint density at radius 2 is 0.750 bits per heavy atom. The van der Waals surface area contributed by atoms with E-state index in [-0.39, 0.29) is 152 Å². The number of hydrogen-bond acceptors (Lipinski definition) is 12. The average molecular weight is 752 g/mol. The van der Waals surface area contributed by atoms with Gasteiger partial charge in [-0.15, -0.1) is 0 Å². The summed E-state index contributed by atoms with van der Waals surface area (Å²) >= 11 is 0. The van der Waals surface area contributed by atoms with Crippen molar-refractivity contribution >= 4 is 177 Å². The maximum absolute atomic E-state index is 12.1. The fourth-order valence-electron chi connectivity index (χ4n) is 4.83. The SMILES string of the molecule is O=C(O)c1cc(C(=O)O)c2c(n1)C(=O)C(=O)c1cc(C(=O)O)[nH]c1-2.O=C(O)c1cc(C(=O)O)c2c(n1)C(=O)C(=O)c1cc(C(=O)O)[nH]c1-2.[Na].[Na].[Na].[Na]. The number of rotatable bonds is 6. The minimum absolute atomic E-state index is 0. The minimum Gasteiger partial charge on any atom is -0.478 e. The number of aromatic carboxylic acids is 6. The molecule has 2 aliphatic carbocycles. The Morgan fingerprint density at radius 3 is 1.00 bits per heavy atom. The van der Waals surface area contributed by atoms with Crippen LogP contribution < -0.4 is 0 Å². The number of carboxylic acids is 6. The number of carboxylic acid groups (broad SMARTS) is 6. The van der Waals surface area contributed by atoms with Crippen LogP contribution in [0.5, 0.6) is 0 Å². The van der Waals surface area contributed by atoms with Crippen molar-refractivity contribution in [3.05, 3.63) is 80.7 Å². The van der Waals surface area contributed by atoms with E-state index in [1.54, 1.807) is 0 Å². The molecule has 244 valence electrons. The third-order valence-electron chi connectivity index (χ3n) is 6.87. The van der Waals surface area contributed by atoms with Crippen molar-refractivity contribution in [3.63, 3.8) is 0 Å². The van der Waals surface area contributed by atoms with Crippen LogP contribution in [0.1, 0.15) is 104 Å². The molecule has 0 fully saturated rings. The fourth-order valence-corrected chi connectivity index (χ4v) is 4.83. The summed E-state index contributed by atoms with van der Waals surface area (Å²) in [5, 5.41) is 54.5. The molecular weight excluding hydrogens is 740 g/mol. The standard InChI is InChI=1S/2C14H6N2O8.4Na/c2*17-10-4-2-6(14(23)24)15-8(4)7-3(12(19)20)1-5(13(21)22)16-9(7)11(10)18;;;;/h2*1-2,15H,(H,19,20)(H,21,22)(H,23,24);;;;. The van der Waals surface area contributed by atoms with Crippen LogP contribution in [-0.4, -0.2) is 228 Å². The molecule has 8 N–H and O–H groups in total. The molecule has 52 heavy (non-hydrogen) atoms. The Morgan fingerprint density at radius 1 is 0.442 bits per heavy atom. The second-order valence-corrected chi connectivity index (χ2v) is 9.65. The van der Waals surface area contributed by atoms with Gasteiger partial charge < -0.3 is 40.6 Å². The molecule has 0 saturated carbocycles. The van der Waals surface area contributed by atoms with E-state index in [9.17, 15) is 58.2 Å². The van der Waals surface area contributed by atoms with Crippen molar-refractivity contribution in [2.45, 2.75) is 0 Å². The Labute approximate surface area is 374 Å². The Hall–Kier alpha value is -3.64. The van der Waals surface area contributed by atoms with Crippen LogP contribution in [0.15, 0.2) is 24.3 Å². The molecule has 6 rings (SSSR count). The van der Waals surface area contributed by atoms with Crippen LogP contribution in [0.3, 0.4) is 0 Å². The van der Waals surface area contributed by atoms with Crippen molar-refractivity contribution in [3.8, 4) is 22.5 Å². The third-order valence-corrected chi connectivity index (χ3v) is 6.87. The van der Waals surface area contributed by atoms with Crippen molar-refractivity contribution in [2.24, 2.45) is 0 Å². The summed E-state index contributed by atoms with van der Waals surface area (Å²) in [4.78, 5) is 127. The Balaban J connectivity index is 0.000000483. The van der Waals surface area contributed by atoms with E-state index in [0.717, 1.165) is 24.3 Å². The van der Waals surface area contributed by atoms with Gasteiger partial charge in [0.05, 0.1) is 33.6 Å². The maximum atomic E-state index is 12.1. The second-order valence-electron chi connectivity index (χ2n) is 9.65. The zero-order chi connectivity index (χ0) is 35.5. The quantitative estimate of drug-likeness (QED) is 0.0915. The van der Waals surface area contributed by atoms with Gasteiger partial charge in [-0.2, -0.15) is 0 Å². The number of aromatic nitrogens is 4. The summed E-state index contributed by atoms with van der Waals surface area (Å²) in [7, 11) is 0. The first-order chi connectivity index (χ1) is 22.4. The number of hydrogen-bond donors (Lipinski definition) is 8. The molecule has 0 atom stereocenters. The van der Waals surface area contributed by atoms with E-state index in [1.807, 2.05) is 0 Å². The van der Waals surface area contributed by atoms with Crippen LogP contribution in [0.25, 0.3) is 22.5 Å². The van der Waals surface area contributed by atoms with Crippen LogP contribution in [0.4, 0.5) is 0 Å². The predicted molar refractivity (Wildman–Crippen MR) is 170 cm³/mol. The smallest absolute Gasteiger partial charge is 0.354 e. The molecule has 24 heteroatoms. The molecule has 4 heterocycles. The molecule has 2 aliphatic rings. The largest absolute Gasteiger partial charge is 0.478 e. The number of pyridine rings is 2. The molecule has 0 aromatic carbocycles. The number of fused-ring (bicyclic) bond motifs is 6. The van der Waals surface area contributed by atoms with Gasteiger partial charge in [0.15, 0.2) is 0 Å². The molecule has 0 amide bonds. The fraction of sp³-hybridized carbons (Fsp3) is 0. The van der Waals surface area contributed by atoms with Crippen molar-refractivity contribution in [1.29, 1.82) is 0 Å². The number of nitrogens with one attached hydrogen (secondary N) is 2. The van der Waals surface area contributed by atoms with Gasteiger partial charge in [0.2, 0.25) is 11.6 Å². The first kappa shape index (κ1) is 46.4.